The number of nitrogen functional groups attached to an aromatic ring is 1. The predicted octanol–water partition coefficient (Wildman–Crippen LogP) is 0.293. The number of carbonyl (C=O) groups is 1. The number of hydrogen-bond donors (Lipinski definition) is 2. The van der Waals surface area contributed by atoms with Crippen molar-refractivity contribution in [2.24, 2.45) is 4.99 Å². The maximum absolute atomic E-state index is 12.6. The molecule has 25 heavy (non-hydrogen) atoms. The number of hydrogen-bond acceptors (Lipinski definition) is 6. The third-order valence-electron chi connectivity index (χ3n) is 3.37. The van der Waals surface area contributed by atoms with Gasteiger partial charge in [0, 0.05) is 11.1 Å². The van der Waals surface area contributed by atoms with E-state index in [4.69, 9.17) is 5.73 Å². The van der Waals surface area contributed by atoms with Gasteiger partial charge in [-0.15, -0.1) is 24.0 Å². The van der Waals surface area contributed by atoms with Crippen LogP contribution in [0.4, 0.5) is 11.4 Å². The van der Waals surface area contributed by atoms with E-state index in [1.807, 2.05) is 12.1 Å². The van der Waals surface area contributed by atoms with Gasteiger partial charge in [0.05, 0.1) is 20.5 Å². The molecule has 7 heteroatoms. The summed E-state index contributed by atoms with van der Waals surface area (Å²) in [5.41, 5.74) is 7.39. The molecule has 0 fully saturated rings. The first kappa shape index (κ1) is 19.8. The number of thiol groups is 1. The van der Waals surface area contributed by atoms with E-state index in [2.05, 4.69) is 17.6 Å². The Labute approximate surface area is 177 Å². The molecule has 0 bridgehead atoms. The zero-order valence-corrected chi connectivity index (χ0v) is 17.2. The van der Waals surface area contributed by atoms with Crippen LogP contribution in [0.3, 0.4) is 0 Å². The number of benzene rings is 2. The van der Waals surface area contributed by atoms with Crippen LogP contribution in [0.5, 0.6) is 0 Å². The Morgan fingerprint density at radius 3 is 2.20 bits per heavy atom. The zero-order chi connectivity index (χ0) is 17.1. The molecule has 0 radical (unpaired) electrons. The van der Waals surface area contributed by atoms with E-state index in [0.29, 0.717) is 20.3 Å². The van der Waals surface area contributed by atoms with Crippen LogP contribution in [-0.4, -0.2) is 11.7 Å². The Bertz CT molecular complexity index is 910. The predicted molar refractivity (Wildman–Crippen MR) is 98.5 cm³/mol. The Balaban J connectivity index is 0.00000225. The fourth-order valence-electron chi connectivity index (χ4n) is 2.20. The van der Waals surface area contributed by atoms with E-state index in [0.717, 1.165) is 11.3 Å². The number of nitrogens with zero attached hydrogens (tertiary/aromatic N) is 1. The van der Waals surface area contributed by atoms with Gasteiger partial charge in [0.15, 0.2) is 0 Å². The number of para-hydroxylation sites is 1. The maximum Gasteiger partial charge on any atom is 1.00 e. The van der Waals surface area contributed by atoms with Crippen molar-refractivity contribution in [3.8, 4) is 0 Å². The number of thiophene rings is 1. The largest absolute Gasteiger partial charge is 1.00 e. The van der Waals surface area contributed by atoms with Gasteiger partial charge in [-0.05, 0) is 18.0 Å². The Morgan fingerprint density at radius 1 is 1.04 bits per heavy atom. The van der Waals surface area contributed by atoms with Gasteiger partial charge in [0.2, 0.25) is 5.78 Å². The molecule has 4 nitrogen and oxygen atoms in total. The average Bonchev–Trinajstić information content (AvgIpc) is 2.90. The van der Waals surface area contributed by atoms with Gasteiger partial charge in [-0.1, -0.05) is 48.5 Å². The van der Waals surface area contributed by atoms with E-state index >= 15 is 0 Å². The van der Waals surface area contributed by atoms with E-state index < -0.39 is 5.90 Å². The molecule has 0 aliphatic carbocycles. The summed E-state index contributed by atoms with van der Waals surface area (Å²) in [6.07, 6.45) is 0. The van der Waals surface area contributed by atoms with E-state index in [9.17, 15) is 9.90 Å². The third-order valence-corrected chi connectivity index (χ3v) is 4.87. The van der Waals surface area contributed by atoms with Crippen molar-refractivity contribution in [2.75, 3.05) is 5.73 Å². The fraction of sp³-hybridized carbons (Fsp3) is 0. The first-order chi connectivity index (χ1) is 11.6. The van der Waals surface area contributed by atoms with Crippen molar-refractivity contribution in [3.05, 3.63) is 76.7 Å². The molecule has 0 unspecified atom stereocenters. The van der Waals surface area contributed by atoms with Crippen molar-refractivity contribution in [2.45, 2.75) is 4.21 Å². The number of nitrogens with two attached hydrogens (primary N) is 1. The summed E-state index contributed by atoms with van der Waals surface area (Å²) in [7, 11) is 0. The Morgan fingerprint density at radius 2 is 1.60 bits per heavy atom. The summed E-state index contributed by atoms with van der Waals surface area (Å²) in [5.74, 6) is -0.737. The van der Waals surface area contributed by atoms with Crippen LogP contribution in [0, 0.1) is 0 Å². The van der Waals surface area contributed by atoms with Gasteiger partial charge in [0.25, 0.3) is 0 Å². The normalized spacial score (nSPS) is 11.0. The molecular formula is C18H13N2NaO2S2. The van der Waals surface area contributed by atoms with Crippen LogP contribution in [0.15, 0.2) is 69.9 Å². The van der Waals surface area contributed by atoms with Crippen LogP contribution in [0.25, 0.3) is 0 Å². The standard InChI is InChI=1S/C18H14N2O2S2.Na/c19-14-13(17(22)20-12-9-5-2-6-10-12)18(23)24-16(14)15(21)11-7-3-1-4-8-11;/h1-10,23H,19H2,(H,20,22);/q;+1/p-1. The Hall–Kier alpha value is -1.57. The molecule has 0 atom stereocenters. The topological polar surface area (TPSA) is 78.5 Å². The number of rotatable bonds is 4. The van der Waals surface area contributed by atoms with Crippen LogP contribution < -0.4 is 40.4 Å². The van der Waals surface area contributed by atoms with Gasteiger partial charge in [0.1, 0.15) is 0 Å². The van der Waals surface area contributed by atoms with Crippen molar-refractivity contribution in [1.29, 1.82) is 0 Å². The summed E-state index contributed by atoms with van der Waals surface area (Å²) in [4.78, 5) is 16.9. The second kappa shape index (κ2) is 8.69. The number of ketones is 1. The van der Waals surface area contributed by atoms with E-state index in [1.54, 1.807) is 48.5 Å². The quantitative estimate of drug-likeness (QED) is 0.226. The summed E-state index contributed by atoms with van der Waals surface area (Å²) < 4.78 is 0.386. The molecule has 120 valence electrons. The van der Waals surface area contributed by atoms with Gasteiger partial charge >= 0.3 is 29.6 Å². The second-order valence-electron chi connectivity index (χ2n) is 4.97. The molecule has 3 aromatic rings. The molecule has 0 saturated heterocycles. The molecule has 1 aromatic heterocycles. The molecule has 3 rings (SSSR count). The zero-order valence-electron chi connectivity index (χ0n) is 13.5. The van der Waals surface area contributed by atoms with Gasteiger partial charge in [-0.3, -0.25) is 9.79 Å². The van der Waals surface area contributed by atoms with Gasteiger partial charge < -0.3 is 10.8 Å². The van der Waals surface area contributed by atoms with Gasteiger partial charge in [-0.2, -0.15) is 0 Å². The van der Waals surface area contributed by atoms with Crippen molar-refractivity contribution in [1.82, 2.24) is 0 Å². The smallest absolute Gasteiger partial charge is 0.858 e. The molecule has 0 saturated carbocycles. The van der Waals surface area contributed by atoms with Crippen LogP contribution >= 0.6 is 24.0 Å². The van der Waals surface area contributed by atoms with Crippen LogP contribution in [0.1, 0.15) is 20.8 Å². The molecule has 2 N–H and O–H groups in total. The first-order valence-corrected chi connectivity index (χ1v) is 8.36. The Kier molecular flexibility index (Phi) is 6.87. The summed E-state index contributed by atoms with van der Waals surface area (Å²) in [6, 6.07) is 17.6. The SMILES string of the molecule is Nc1c(C(=O)c2ccccc2)sc(S)c1C([O-])=Nc1ccccc1.[Na+]. The number of anilines is 1. The number of aliphatic imine (C=N–C) groups is 1. The fourth-order valence-corrected chi connectivity index (χ4v) is 3.61. The molecule has 0 spiro atoms. The van der Waals surface area contributed by atoms with Crippen molar-refractivity contribution in [3.63, 3.8) is 0 Å². The molecule has 2 aromatic carbocycles. The van der Waals surface area contributed by atoms with Crippen LogP contribution in [-0.2, 0) is 0 Å². The van der Waals surface area contributed by atoms with Crippen LogP contribution in [0.2, 0.25) is 0 Å². The summed E-state index contributed by atoms with van der Waals surface area (Å²) in [6.45, 7) is 0. The average molecular weight is 376 g/mol. The number of carbonyl (C=O) groups excluding carboxylic acids is 1. The molecular weight excluding hydrogens is 363 g/mol. The first-order valence-electron chi connectivity index (χ1n) is 7.10. The molecule has 0 aliphatic heterocycles. The molecule has 1 heterocycles. The summed E-state index contributed by atoms with van der Waals surface area (Å²) in [5, 5.41) is 12.4. The minimum atomic E-state index is -0.507. The van der Waals surface area contributed by atoms with E-state index in [1.165, 1.54) is 0 Å². The van der Waals surface area contributed by atoms with Gasteiger partial charge in [-0.25, -0.2) is 0 Å². The third kappa shape index (κ3) is 4.34. The molecule has 0 amide bonds. The minimum absolute atomic E-state index is 0. The molecule has 0 aliphatic rings. The minimum Gasteiger partial charge on any atom is -0.858 e. The van der Waals surface area contributed by atoms with E-state index in [-0.39, 0.29) is 46.6 Å². The second-order valence-corrected chi connectivity index (χ2v) is 6.74. The maximum atomic E-state index is 12.6. The van der Waals surface area contributed by atoms with Crippen molar-refractivity contribution < 1.29 is 39.5 Å². The summed E-state index contributed by atoms with van der Waals surface area (Å²) >= 11 is 5.40. The van der Waals surface area contributed by atoms with Crippen molar-refractivity contribution >= 4 is 47.0 Å². The monoisotopic (exact) mass is 376 g/mol.